The number of carbonyl (C=O) groups is 5. The van der Waals surface area contributed by atoms with Crippen LogP contribution in [0.3, 0.4) is 0 Å². The van der Waals surface area contributed by atoms with Gasteiger partial charge in [-0.2, -0.15) is 4.99 Å². The number of cyclic esters (lactones) is 1. The molecule has 15 atom stereocenters. The molecular weight excluding hydrogens is 925 g/mol. The monoisotopic (exact) mass is 1010 g/mol. The third kappa shape index (κ3) is 16.2. The van der Waals surface area contributed by atoms with Gasteiger partial charge in [-0.05, 0) is 107 Å². The van der Waals surface area contributed by atoms with Crippen molar-refractivity contribution in [2.24, 2.45) is 57.0 Å². The summed E-state index contributed by atoms with van der Waals surface area (Å²) < 4.78 is 23.7. The molecule has 3 fully saturated rings. The van der Waals surface area contributed by atoms with Crippen molar-refractivity contribution in [2.75, 3.05) is 34.9 Å². The van der Waals surface area contributed by atoms with Gasteiger partial charge in [-0.15, -0.1) is 0 Å². The molecule has 1 amide bonds. The van der Waals surface area contributed by atoms with E-state index >= 15 is 0 Å². The molecule has 1 saturated carbocycles. The summed E-state index contributed by atoms with van der Waals surface area (Å²) >= 11 is 0. The number of hydrogen-bond donors (Lipinski definition) is 5. The predicted molar refractivity (Wildman–Crippen MR) is 275 cm³/mol. The Hall–Kier alpha value is -4.59. The highest BCUT2D eigenvalue weighted by molar-refractivity contribution is 6.39. The molecule has 7 N–H and O–H groups in total. The average Bonchev–Trinajstić information content (AvgIpc) is 3.34. The highest BCUT2D eigenvalue weighted by atomic mass is 16.6. The summed E-state index contributed by atoms with van der Waals surface area (Å²) in [6.45, 7) is 12.5. The van der Waals surface area contributed by atoms with Crippen molar-refractivity contribution in [3.05, 3.63) is 47.6 Å². The van der Waals surface area contributed by atoms with Crippen LogP contribution in [-0.4, -0.2) is 156 Å². The first kappa shape index (κ1) is 60.0. The third-order valence-corrected chi connectivity index (χ3v) is 15.2. The van der Waals surface area contributed by atoms with E-state index in [2.05, 4.69) is 9.98 Å². The number of hydrogen-bond acceptors (Lipinski definition) is 13. The minimum atomic E-state index is -2.53. The number of rotatable bonds is 6. The normalized spacial score (nSPS) is 38.1. The van der Waals surface area contributed by atoms with Crippen molar-refractivity contribution < 1.29 is 58.2 Å². The molecule has 3 heterocycles. The number of aliphatic imine (C=N–C) groups is 2. The highest BCUT2D eigenvalue weighted by Crippen LogP contribution is 2.38. The van der Waals surface area contributed by atoms with Crippen molar-refractivity contribution in [2.45, 2.75) is 180 Å². The van der Waals surface area contributed by atoms with Gasteiger partial charge in [-0.1, -0.05) is 71.1 Å². The van der Waals surface area contributed by atoms with E-state index in [1.54, 1.807) is 59.9 Å². The Morgan fingerprint density at radius 2 is 1.62 bits per heavy atom. The number of carbonyl (C=O) groups excluding carboxylic acids is 5. The molecule has 0 aromatic rings. The van der Waals surface area contributed by atoms with E-state index in [0.29, 0.717) is 63.4 Å². The fourth-order valence-electron chi connectivity index (χ4n) is 10.4. The lowest BCUT2D eigenvalue weighted by Gasteiger charge is -2.42. The number of allylic oxidation sites excluding steroid dienone is 6. The number of amides is 1. The molecule has 1 unspecified atom stereocenters. The first-order valence-electron chi connectivity index (χ1n) is 25.9. The van der Waals surface area contributed by atoms with Gasteiger partial charge in [0.1, 0.15) is 30.1 Å². The summed E-state index contributed by atoms with van der Waals surface area (Å²) in [4.78, 5) is 83.0. The van der Waals surface area contributed by atoms with Crippen molar-refractivity contribution in [3.63, 3.8) is 0 Å². The maximum Gasteiger partial charge on any atom is 0.329 e. The number of nitrogens with zero attached hydrogens (tertiary/aromatic N) is 4. The molecule has 0 aromatic carbocycles. The summed E-state index contributed by atoms with van der Waals surface area (Å²) in [6.07, 6.45) is 10.5. The number of Topliss-reactive ketones (excluding diaryl/α,β-unsaturated/α-hetero) is 3. The SMILES string of the molecule is CO[C@@H]1C[C@@H](CC(C)[C@@H]2CC(=O)[C@H](C)/C=C(\C)[C@@H](O)[C@@H](OC)C(=O)[C@H](C)C[C@H](C)/C=C/C=C/C=C(/C)[C@@H](N=C(N)N=C(N)N(C)C)C[C@@H]3CC[C@@H](C)[C@@](O)(O3)C(=O)C(=O)N3CCCC[C@H]3C(=O)O2)CC[C@H]1O. The zero-order valence-corrected chi connectivity index (χ0v) is 44.7. The third-order valence-electron chi connectivity index (χ3n) is 15.2. The first-order valence-corrected chi connectivity index (χ1v) is 25.9. The van der Waals surface area contributed by atoms with E-state index in [9.17, 15) is 39.3 Å². The molecule has 4 rings (SSSR count). The smallest absolute Gasteiger partial charge is 0.329 e. The Morgan fingerprint density at radius 1 is 0.917 bits per heavy atom. The second-order valence-corrected chi connectivity index (χ2v) is 21.2. The maximum atomic E-state index is 14.5. The molecule has 18 nitrogen and oxygen atoms in total. The molecular formula is C54H86N6O12. The van der Waals surface area contributed by atoms with E-state index in [4.69, 9.17) is 30.4 Å². The molecule has 0 radical (unpaired) electrons. The lowest BCUT2D eigenvalue weighted by molar-refractivity contribution is -0.263. The fourth-order valence-corrected chi connectivity index (χ4v) is 10.4. The molecule has 4 aliphatic rings. The topological polar surface area (TPSA) is 266 Å². The number of aliphatic hydroxyl groups is 3. The lowest BCUT2D eigenvalue weighted by Crippen LogP contribution is -2.61. The summed E-state index contributed by atoms with van der Waals surface area (Å²) in [7, 11) is 6.35. The predicted octanol–water partition coefficient (Wildman–Crippen LogP) is 4.73. The minimum Gasteiger partial charge on any atom is -0.460 e. The first-order chi connectivity index (χ1) is 33.9. The van der Waals surface area contributed by atoms with Crippen molar-refractivity contribution >= 4 is 41.1 Å². The number of piperidine rings is 1. The Bertz CT molecular complexity index is 2070. The van der Waals surface area contributed by atoms with Gasteiger partial charge in [0.05, 0.1) is 24.4 Å². The van der Waals surface area contributed by atoms with Crippen LogP contribution in [0.2, 0.25) is 0 Å². The number of ketones is 3. The number of aliphatic hydroxyl groups excluding tert-OH is 2. The van der Waals surface area contributed by atoms with E-state index in [1.165, 1.54) is 7.11 Å². The van der Waals surface area contributed by atoms with Crippen LogP contribution in [0.4, 0.5) is 0 Å². The summed E-state index contributed by atoms with van der Waals surface area (Å²) in [5.41, 5.74) is 13.5. The highest BCUT2D eigenvalue weighted by Gasteiger charge is 2.53. The molecule has 1 aliphatic carbocycles. The fraction of sp³-hybridized carbons (Fsp3) is 0.722. The lowest BCUT2D eigenvalue weighted by atomic mass is 9.78. The quantitative estimate of drug-likeness (QED) is 0.0792. The molecule has 18 heteroatoms. The van der Waals surface area contributed by atoms with Gasteiger partial charge < -0.3 is 55.5 Å². The summed E-state index contributed by atoms with van der Waals surface area (Å²) in [6, 6.07) is -1.85. The zero-order chi connectivity index (χ0) is 53.6. The van der Waals surface area contributed by atoms with Crippen LogP contribution in [0.25, 0.3) is 0 Å². The molecule has 0 aromatic heterocycles. The van der Waals surface area contributed by atoms with Crippen molar-refractivity contribution in [1.29, 1.82) is 0 Å². The molecule has 72 heavy (non-hydrogen) atoms. The Kier molecular flexibility index (Phi) is 23.0. The summed E-state index contributed by atoms with van der Waals surface area (Å²) in [5.74, 6) is -8.46. The van der Waals surface area contributed by atoms with E-state index in [1.807, 2.05) is 51.2 Å². The van der Waals surface area contributed by atoms with Crippen LogP contribution in [0.1, 0.15) is 126 Å². The van der Waals surface area contributed by atoms with Gasteiger partial charge in [-0.3, -0.25) is 19.2 Å². The largest absolute Gasteiger partial charge is 0.460 e. The number of nitrogens with two attached hydrogens (primary N) is 2. The number of esters is 1. The second-order valence-electron chi connectivity index (χ2n) is 21.2. The Labute approximate surface area is 427 Å². The number of guanidine groups is 2. The number of fused-ring (bicyclic) bond motifs is 3. The van der Waals surface area contributed by atoms with Crippen molar-refractivity contribution in [1.82, 2.24) is 9.80 Å². The number of ether oxygens (including phenoxy) is 4. The van der Waals surface area contributed by atoms with Crippen LogP contribution in [0, 0.1) is 35.5 Å². The molecule has 0 spiro atoms. The molecule has 404 valence electrons. The van der Waals surface area contributed by atoms with Crippen LogP contribution in [0.5, 0.6) is 0 Å². The number of methoxy groups -OCH3 is 2. The Balaban J connectivity index is 1.76. The van der Waals surface area contributed by atoms with Crippen LogP contribution < -0.4 is 11.5 Å². The van der Waals surface area contributed by atoms with E-state index < -0.39 is 83.8 Å². The van der Waals surface area contributed by atoms with E-state index in [-0.39, 0.29) is 73.2 Å². The van der Waals surface area contributed by atoms with Gasteiger partial charge in [0.25, 0.3) is 11.7 Å². The molecule has 3 aliphatic heterocycles. The van der Waals surface area contributed by atoms with Gasteiger partial charge in [0.2, 0.25) is 11.7 Å². The second kappa shape index (κ2) is 27.6. The zero-order valence-electron chi connectivity index (χ0n) is 44.7. The molecule has 2 bridgehead atoms. The average molecular weight is 1010 g/mol. The summed E-state index contributed by atoms with van der Waals surface area (Å²) in [5, 5.41) is 34.2. The van der Waals surface area contributed by atoms with Gasteiger partial charge in [-0.25, -0.2) is 9.79 Å². The van der Waals surface area contributed by atoms with Crippen LogP contribution >= 0.6 is 0 Å². The standard InChI is InChI=1S/C54H86N6O12/c1-31-17-13-12-14-18-32(2)40(57-52(55)58-53(56)59(8)9)29-39-22-20-37(7)54(68,72-39)49(65)50(66)60-24-16-15-19-41(60)51(67)71-44(34(4)27-38-21-23-42(61)45(28-38)69-10)30-43(62)33(3)26-36(6)47(64)48(70-11)46(63)35(5)25-31/h12-14,17-18,26,31,33-35,37-42,44-45,47-48,61,64,68H,15-16,19-25,27-30H2,1-11H3,(H4,55,56,57,58)/b14-12+,17-13+,32-18-,36-26+/t31-,33-,34?,35-,37-,38-,39+,40+,41+,42-,44+,45-,47-,48+,54-/m1/s1. The van der Waals surface area contributed by atoms with Gasteiger partial charge >= 0.3 is 5.97 Å². The van der Waals surface area contributed by atoms with Crippen LogP contribution in [0.15, 0.2) is 57.6 Å². The van der Waals surface area contributed by atoms with Crippen LogP contribution in [-0.2, 0) is 42.9 Å². The van der Waals surface area contributed by atoms with Crippen molar-refractivity contribution in [3.8, 4) is 0 Å². The molecule has 2 saturated heterocycles. The van der Waals surface area contributed by atoms with Gasteiger partial charge in [0, 0.05) is 65.5 Å². The minimum absolute atomic E-state index is 0.0358. The Morgan fingerprint density at radius 3 is 2.29 bits per heavy atom. The van der Waals surface area contributed by atoms with Gasteiger partial charge in [0.15, 0.2) is 11.7 Å². The maximum absolute atomic E-state index is 14.5. The van der Waals surface area contributed by atoms with E-state index in [0.717, 1.165) is 10.5 Å².